The molecule has 3 N–H and O–H groups in total. The molecule has 0 amide bonds. The van der Waals surface area contributed by atoms with Gasteiger partial charge in [-0.15, -0.1) is 0 Å². The second-order valence-corrected chi connectivity index (χ2v) is 4.44. The first-order valence-corrected chi connectivity index (χ1v) is 5.75. The number of rotatable bonds is 6. The zero-order valence-electron chi connectivity index (χ0n) is 11.1. The Hall–Kier alpha value is -1.63. The van der Waals surface area contributed by atoms with Crippen LogP contribution in [-0.4, -0.2) is 38.2 Å². The molecule has 0 fully saturated rings. The Labute approximate surface area is 110 Å². The van der Waals surface area contributed by atoms with Gasteiger partial charge in [0, 0.05) is 24.7 Å². The fraction of sp³-hybridized carbons (Fsp3) is 0.500. The molecule has 1 aromatic rings. The maximum atomic E-state index is 13.3. The molecule has 19 heavy (non-hydrogen) atoms. The van der Waals surface area contributed by atoms with E-state index in [4.69, 9.17) is 5.73 Å². The van der Waals surface area contributed by atoms with Crippen molar-refractivity contribution in [2.45, 2.75) is 19.6 Å². The Kier molecular flexibility index (Phi) is 5.29. The van der Waals surface area contributed by atoms with Crippen molar-refractivity contribution >= 4 is 11.4 Å². The van der Waals surface area contributed by atoms with Crippen LogP contribution in [0.2, 0.25) is 0 Å². The summed E-state index contributed by atoms with van der Waals surface area (Å²) in [5.41, 5.74) is 6.13. The highest BCUT2D eigenvalue weighted by molar-refractivity contribution is 5.68. The normalized spacial score (nSPS) is 12.8. The molecule has 0 saturated carbocycles. The second kappa shape index (κ2) is 6.51. The fourth-order valence-corrected chi connectivity index (χ4v) is 1.35. The number of anilines is 2. The molecular weight excluding hydrogens is 259 g/mol. The number of hydrogen-bond acceptors (Lipinski definition) is 4. The monoisotopic (exact) mass is 277 g/mol. The van der Waals surface area contributed by atoms with Crippen molar-refractivity contribution in [3.63, 3.8) is 0 Å². The number of ether oxygens (including phenoxy) is 1. The first kappa shape index (κ1) is 15.4. The first-order valence-electron chi connectivity index (χ1n) is 5.75. The molecule has 0 aromatic heterocycles. The fourth-order valence-electron chi connectivity index (χ4n) is 1.35. The van der Waals surface area contributed by atoms with Crippen LogP contribution in [-0.2, 0) is 0 Å². The number of likely N-dealkylation sites (N-methyl/N-ethyl adjacent to an activating group) is 1. The third-order valence-electron chi connectivity index (χ3n) is 2.79. The van der Waals surface area contributed by atoms with Crippen molar-refractivity contribution in [3.8, 4) is 5.75 Å². The number of nitrogens with one attached hydrogen (secondary N) is 1. The van der Waals surface area contributed by atoms with Crippen LogP contribution in [0.4, 0.5) is 24.5 Å². The average Bonchev–Trinajstić information content (AvgIpc) is 2.30. The van der Waals surface area contributed by atoms with Gasteiger partial charge in [-0.25, -0.2) is 4.39 Å². The molecular formula is C12H18F3N3O. The van der Waals surface area contributed by atoms with E-state index in [0.29, 0.717) is 12.2 Å². The smallest absolute Gasteiger partial charge is 0.387 e. The highest BCUT2D eigenvalue weighted by Crippen LogP contribution is 2.29. The zero-order chi connectivity index (χ0) is 14.6. The lowest BCUT2D eigenvalue weighted by atomic mass is 10.2. The lowest BCUT2D eigenvalue weighted by molar-refractivity contribution is -0.0521. The lowest BCUT2D eigenvalue weighted by Gasteiger charge is -2.21. The Balaban J connectivity index is 2.82. The summed E-state index contributed by atoms with van der Waals surface area (Å²) in [5.74, 6) is -1.44. The van der Waals surface area contributed by atoms with Crippen LogP contribution < -0.4 is 15.8 Å². The number of benzene rings is 1. The van der Waals surface area contributed by atoms with Gasteiger partial charge in [-0.05, 0) is 21.0 Å². The summed E-state index contributed by atoms with van der Waals surface area (Å²) in [5, 5.41) is 2.98. The van der Waals surface area contributed by atoms with E-state index < -0.39 is 18.2 Å². The van der Waals surface area contributed by atoms with Gasteiger partial charge in [0.15, 0.2) is 11.6 Å². The summed E-state index contributed by atoms with van der Waals surface area (Å²) in [6.07, 6.45) is 0. The lowest BCUT2D eigenvalue weighted by Crippen LogP contribution is -2.31. The van der Waals surface area contributed by atoms with Crippen LogP contribution in [0.1, 0.15) is 6.92 Å². The van der Waals surface area contributed by atoms with E-state index in [2.05, 4.69) is 10.1 Å². The van der Waals surface area contributed by atoms with Gasteiger partial charge in [0.25, 0.3) is 0 Å². The maximum absolute atomic E-state index is 13.3. The molecule has 0 heterocycles. The largest absolute Gasteiger partial charge is 0.432 e. The topological polar surface area (TPSA) is 50.5 Å². The average molecular weight is 277 g/mol. The van der Waals surface area contributed by atoms with Crippen LogP contribution >= 0.6 is 0 Å². The van der Waals surface area contributed by atoms with E-state index in [0.717, 1.165) is 12.1 Å². The minimum atomic E-state index is -3.08. The standard InChI is InChI=1S/C12H18F3N3O/c1-7(18(2)3)6-17-10-5-11(19-12(14)15)8(13)4-9(10)16/h4-5,7,12,17H,6,16H2,1-3H3. The maximum Gasteiger partial charge on any atom is 0.387 e. The van der Waals surface area contributed by atoms with E-state index in [1.54, 1.807) is 0 Å². The third kappa shape index (κ3) is 4.51. The van der Waals surface area contributed by atoms with E-state index in [1.165, 1.54) is 0 Å². The molecule has 0 aliphatic rings. The van der Waals surface area contributed by atoms with E-state index in [-0.39, 0.29) is 11.7 Å². The Morgan fingerprint density at radius 3 is 2.53 bits per heavy atom. The van der Waals surface area contributed by atoms with Gasteiger partial charge in [0.2, 0.25) is 0 Å². The van der Waals surface area contributed by atoms with E-state index in [9.17, 15) is 13.2 Å². The van der Waals surface area contributed by atoms with Crippen LogP contribution in [0.25, 0.3) is 0 Å². The molecule has 0 bridgehead atoms. The first-order chi connectivity index (χ1) is 8.81. The van der Waals surface area contributed by atoms with Crippen molar-refractivity contribution in [1.82, 2.24) is 4.90 Å². The van der Waals surface area contributed by atoms with Gasteiger partial charge in [-0.3, -0.25) is 0 Å². The van der Waals surface area contributed by atoms with Crippen molar-refractivity contribution in [1.29, 1.82) is 0 Å². The second-order valence-electron chi connectivity index (χ2n) is 4.44. The summed E-state index contributed by atoms with van der Waals surface area (Å²) in [7, 11) is 3.82. The van der Waals surface area contributed by atoms with Gasteiger partial charge < -0.3 is 20.7 Å². The van der Waals surface area contributed by atoms with Gasteiger partial charge in [-0.1, -0.05) is 0 Å². The van der Waals surface area contributed by atoms with Crippen LogP contribution in [0, 0.1) is 5.82 Å². The molecule has 0 aliphatic carbocycles. The summed E-state index contributed by atoms with van der Waals surface area (Å²) in [6, 6.07) is 2.29. The number of halogens is 3. The van der Waals surface area contributed by atoms with Crippen LogP contribution in [0.15, 0.2) is 12.1 Å². The molecule has 0 saturated heterocycles. The Morgan fingerprint density at radius 1 is 1.37 bits per heavy atom. The minimum Gasteiger partial charge on any atom is -0.432 e. The third-order valence-corrected chi connectivity index (χ3v) is 2.79. The van der Waals surface area contributed by atoms with Gasteiger partial charge in [-0.2, -0.15) is 8.78 Å². The van der Waals surface area contributed by atoms with Crippen molar-refractivity contribution in [2.24, 2.45) is 0 Å². The van der Waals surface area contributed by atoms with Crippen molar-refractivity contribution in [3.05, 3.63) is 17.9 Å². The quantitative estimate of drug-likeness (QED) is 0.784. The van der Waals surface area contributed by atoms with E-state index in [1.807, 2.05) is 25.9 Å². The molecule has 108 valence electrons. The molecule has 1 rings (SSSR count). The predicted octanol–water partition coefficient (Wildman–Crippen LogP) is 2.37. The number of hydrogen-bond donors (Lipinski definition) is 2. The molecule has 0 aliphatic heterocycles. The predicted molar refractivity (Wildman–Crippen MR) is 69.1 cm³/mol. The molecule has 0 radical (unpaired) electrons. The zero-order valence-corrected chi connectivity index (χ0v) is 11.1. The molecule has 1 aromatic carbocycles. The SMILES string of the molecule is CC(CNc1cc(OC(F)F)c(F)cc1N)N(C)C. The Bertz CT molecular complexity index is 427. The summed E-state index contributed by atoms with van der Waals surface area (Å²) in [4.78, 5) is 1.98. The summed E-state index contributed by atoms with van der Waals surface area (Å²) in [6.45, 7) is -0.563. The molecule has 1 atom stereocenters. The number of nitrogens with two attached hydrogens (primary N) is 1. The molecule has 7 heteroatoms. The van der Waals surface area contributed by atoms with Crippen molar-refractivity contribution < 1.29 is 17.9 Å². The van der Waals surface area contributed by atoms with Crippen molar-refractivity contribution in [2.75, 3.05) is 31.7 Å². The molecule has 0 spiro atoms. The Morgan fingerprint density at radius 2 is 2.00 bits per heavy atom. The summed E-state index contributed by atoms with van der Waals surface area (Å²) < 4.78 is 41.6. The highest BCUT2D eigenvalue weighted by Gasteiger charge is 2.14. The van der Waals surface area contributed by atoms with Gasteiger partial charge in [0.1, 0.15) is 0 Å². The highest BCUT2D eigenvalue weighted by atomic mass is 19.3. The molecule has 4 nitrogen and oxygen atoms in total. The van der Waals surface area contributed by atoms with Crippen LogP contribution in [0.5, 0.6) is 5.75 Å². The van der Waals surface area contributed by atoms with Crippen LogP contribution in [0.3, 0.4) is 0 Å². The minimum absolute atomic E-state index is 0.144. The number of nitrogen functional groups attached to an aromatic ring is 1. The van der Waals surface area contributed by atoms with Gasteiger partial charge >= 0.3 is 6.61 Å². The van der Waals surface area contributed by atoms with Gasteiger partial charge in [0.05, 0.1) is 11.4 Å². The molecule has 1 unspecified atom stereocenters. The number of alkyl halides is 2. The van der Waals surface area contributed by atoms with E-state index >= 15 is 0 Å². The number of nitrogens with zero attached hydrogens (tertiary/aromatic N) is 1. The summed E-state index contributed by atoms with van der Waals surface area (Å²) >= 11 is 0.